The Bertz CT molecular complexity index is 461. The Balaban J connectivity index is 1.81. The minimum Gasteiger partial charge on any atom is -0.368 e. The van der Waals surface area contributed by atoms with Crippen molar-refractivity contribution >= 4 is 21.6 Å². The number of piperazine rings is 1. The van der Waals surface area contributed by atoms with Crippen molar-refractivity contribution in [1.82, 2.24) is 5.32 Å². The van der Waals surface area contributed by atoms with E-state index in [9.17, 15) is 4.39 Å². The SMILES string of the molecule is CC1(C2CC2)CN(c2ccc(F)c(Br)c2)CCN1. The summed E-state index contributed by atoms with van der Waals surface area (Å²) in [5, 5.41) is 3.66. The predicted molar refractivity (Wildman–Crippen MR) is 75.4 cm³/mol. The van der Waals surface area contributed by atoms with Crippen molar-refractivity contribution in [3.63, 3.8) is 0 Å². The topological polar surface area (TPSA) is 15.3 Å². The van der Waals surface area contributed by atoms with Crippen LogP contribution in [0.25, 0.3) is 0 Å². The lowest BCUT2D eigenvalue weighted by atomic mass is 9.92. The Kier molecular flexibility index (Phi) is 3.10. The van der Waals surface area contributed by atoms with Gasteiger partial charge in [-0.2, -0.15) is 0 Å². The van der Waals surface area contributed by atoms with Crippen LogP contribution >= 0.6 is 15.9 Å². The number of nitrogens with one attached hydrogen (secondary N) is 1. The van der Waals surface area contributed by atoms with E-state index in [1.165, 1.54) is 18.9 Å². The zero-order valence-corrected chi connectivity index (χ0v) is 12.1. The van der Waals surface area contributed by atoms with Gasteiger partial charge in [-0.25, -0.2) is 4.39 Å². The molecule has 1 aromatic rings. The largest absolute Gasteiger partial charge is 0.368 e. The van der Waals surface area contributed by atoms with Crippen LogP contribution in [0.3, 0.4) is 0 Å². The number of benzene rings is 1. The van der Waals surface area contributed by atoms with E-state index in [2.05, 4.69) is 33.1 Å². The molecule has 1 saturated heterocycles. The Morgan fingerprint density at radius 3 is 2.89 bits per heavy atom. The molecular weight excluding hydrogens is 295 g/mol. The maximum Gasteiger partial charge on any atom is 0.137 e. The summed E-state index contributed by atoms with van der Waals surface area (Å²) in [5.41, 5.74) is 1.33. The van der Waals surface area contributed by atoms with Crippen LogP contribution in [-0.4, -0.2) is 25.2 Å². The Morgan fingerprint density at radius 1 is 1.44 bits per heavy atom. The first-order valence-corrected chi connectivity index (χ1v) is 7.33. The number of nitrogens with zero attached hydrogens (tertiary/aromatic N) is 1. The van der Waals surface area contributed by atoms with Crippen LogP contribution in [-0.2, 0) is 0 Å². The minimum absolute atomic E-state index is 0.196. The van der Waals surface area contributed by atoms with Crippen molar-refractivity contribution in [2.24, 2.45) is 5.92 Å². The first kappa shape index (κ1) is 12.4. The van der Waals surface area contributed by atoms with Gasteiger partial charge in [-0.1, -0.05) is 0 Å². The van der Waals surface area contributed by atoms with Crippen LogP contribution in [0.15, 0.2) is 22.7 Å². The van der Waals surface area contributed by atoms with E-state index in [1.54, 1.807) is 0 Å². The molecule has 0 aromatic heterocycles. The van der Waals surface area contributed by atoms with Crippen molar-refractivity contribution in [3.8, 4) is 0 Å². The molecule has 18 heavy (non-hydrogen) atoms. The molecule has 1 heterocycles. The summed E-state index contributed by atoms with van der Waals surface area (Å²) in [6.07, 6.45) is 2.68. The Hall–Kier alpha value is -0.610. The van der Waals surface area contributed by atoms with Gasteiger partial charge in [0.25, 0.3) is 0 Å². The lowest BCUT2D eigenvalue weighted by Crippen LogP contribution is -2.60. The Morgan fingerprint density at radius 2 is 2.22 bits per heavy atom. The zero-order chi connectivity index (χ0) is 12.8. The Labute approximate surface area is 116 Å². The summed E-state index contributed by atoms with van der Waals surface area (Å²) in [7, 11) is 0. The van der Waals surface area contributed by atoms with Gasteiger partial charge in [-0.15, -0.1) is 0 Å². The third kappa shape index (κ3) is 2.28. The van der Waals surface area contributed by atoms with Crippen molar-refractivity contribution < 1.29 is 4.39 Å². The predicted octanol–water partition coefficient (Wildman–Crippen LogP) is 3.17. The van der Waals surface area contributed by atoms with Crippen molar-refractivity contribution in [2.75, 3.05) is 24.5 Å². The lowest BCUT2D eigenvalue weighted by molar-refractivity contribution is 0.285. The summed E-state index contributed by atoms with van der Waals surface area (Å²) in [4.78, 5) is 2.36. The number of hydrogen-bond acceptors (Lipinski definition) is 2. The van der Waals surface area contributed by atoms with Gasteiger partial charge in [0.05, 0.1) is 4.47 Å². The van der Waals surface area contributed by atoms with E-state index >= 15 is 0 Å². The molecule has 3 rings (SSSR count). The zero-order valence-electron chi connectivity index (χ0n) is 10.5. The molecule has 2 fully saturated rings. The van der Waals surface area contributed by atoms with Gasteiger partial charge in [0.15, 0.2) is 0 Å². The average molecular weight is 313 g/mol. The molecule has 0 amide bonds. The van der Waals surface area contributed by atoms with E-state index in [1.807, 2.05) is 12.1 Å². The highest BCUT2D eigenvalue weighted by molar-refractivity contribution is 9.10. The van der Waals surface area contributed by atoms with Crippen LogP contribution in [0.1, 0.15) is 19.8 Å². The van der Waals surface area contributed by atoms with Gasteiger partial charge >= 0.3 is 0 Å². The van der Waals surface area contributed by atoms with E-state index in [-0.39, 0.29) is 11.4 Å². The second-order valence-electron chi connectivity index (χ2n) is 5.64. The maximum absolute atomic E-state index is 13.3. The first-order chi connectivity index (χ1) is 8.58. The van der Waals surface area contributed by atoms with Gasteiger partial charge in [0.2, 0.25) is 0 Å². The molecule has 0 bridgehead atoms. The number of anilines is 1. The highest BCUT2D eigenvalue weighted by atomic mass is 79.9. The summed E-state index contributed by atoms with van der Waals surface area (Å²) in [5.74, 6) is 0.614. The van der Waals surface area contributed by atoms with Crippen LogP contribution in [0.5, 0.6) is 0 Å². The lowest BCUT2D eigenvalue weighted by Gasteiger charge is -2.43. The van der Waals surface area contributed by atoms with E-state index in [0.29, 0.717) is 4.47 Å². The number of halogens is 2. The molecule has 1 aliphatic carbocycles. The normalized spacial score (nSPS) is 28.5. The molecule has 1 saturated carbocycles. The number of rotatable bonds is 2. The molecule has 1 unspecified atom stereocenters. The van der Waals surface area contributed by atoms with Crippen molar-refractivity contribution in [1.29, 1.82) is 0 Å². The third-order valence-corrected chi connectivity index (χ3v) is 4.78. The summed E-state index contributed by atoms with van der Waals surface area (Å²) in [6.45, 7) is 5.31. The van der Waals surface area contributed by atoms with Crippen LogP contribution < -0.4 is 10.2 Å². The first-order valence-electron chi connectivity index (χ1n) is 6.53. The molecule has 0 spiro atoms. The standard InChI is InChI=1S/C14H18BrFN2/c1-14(10-2-3-10)9-18(7-6-17-14)11-4-5-13(16)12(15)8-11/h4-5,8,10,17H,2-3,6-7,9H2,1H3. The molecule has 1 atom stereocenters. The smallest absolute Gasteiger partial charge is 0.137 e. The fourth-order valence-corrected chi connectivity index (χ4v) is 3.27. The molecule has 2 nitrogen and oxygen atoms in total. The van der Waals surface area contributed by atoms with Gasteiger partial charge in [-0.3, -0.25) is 0 Å². The summed E-state index contributed by atoms with van der Waals surface area (Å²) < 4.78 is 13.8. The molecule has 0 radical (unpaired) electrons. The molecule has 98 valence electrons. The molecule has 1 aromatic carbocycles. The van der Waals surface area contributed by atoms with Crippen LogP contribution in [0.4, 0.5) is 10.1 Å². The second-order valence-corrected chi connectivity index (χ2v) is 6.49. The van der Waals surface area contributed by atoms with Gasteiger partial charge < -0.3 is 10.2 Å². The molecule has 2 aliphatic rings. The highest BCUT2D eigenvalue weighted by Crippen LogP contribution is 2.41. The minimum atomic E-state index is -0.196. The second kappa shape index (κ2) is 4.49. The van der Waals surface area contributed by atoms with Gasteiger partial charge in [-0.05, 0) is 59.8 Å². The molecule has 4 heteroatoms. The average Bonchev–Trinajstić information content (AvgIpc) is 3.17. The van der Waals surface area contributed by atoms with Crippen LogP contribution in [0.2, 0.25) is 0 Å². The third-order valence-electron chi connectivity index (χ3n) is 4.18. The maximum atomic E-state index is 13.3. The quantitative estimate of drug-likeness (QED) is 0.902. The summed E-state index contributed by atoms with van der Waals surface area (Å²) >= 11 is 3.27. The fraction of sp³-hybridized carbons (Fsp3) is 0.571. The highest BCUT2D eigenvalue weighted by Gasteiger charge is 2.43. The van der Waals surface area contributed by atoms with Gasteiger partial charge in [0.1, 0.15) is 5.82 Å². The fourth-order valence-electron chi connectivity index (χ4n) is 2.90. The van der Waals surface area contributed by atoms with Crippen LogP contribution in [0, 0.1) is 11.7 Å². The van der Waals surface area contributed by atoms with Gasteiger partial charge in [0, 0.05) is 30.9 Å². The monoisotopic (exact) mass is 312 g/mol. The van der Waals surface area contributed by atoms with E-state index in [4.69, 9.17) is 0 Å². The van der Waals surface area contributed by atoms with Crippen molar-refractivity contribution in [3.05, 3.63) is 28.5 Å². The molecule has 1 N–H and O–H groups in total. The molecular formula is C14H18BrFN2. The van der Waals surface area contributed by atoms with E-state index in [0.717, 1.165) is 31.2 Å². The summed E-state index contributed by atoms with van der Waals surface area (Å²) in [6, 6.07) is 5.29. The molecule has 1 aliphatic heterocycles. The number of hydrogen-bond donors (Lipinski definition) is 1. The van der Waals surface area contributed by atoms with E-state index < -0.39 is 0 Å². The van der Waals surface area contributed by atoms with Crippen molar-refractivity contribution in [2.45, 2.75) is 25.3 Å².